The molecular weight excluding hydrogens is 1040 g/mol. The van der Waals surface area contributed by atoms with Crippen molar-refractivity contribution in [2.24, 2.45) is 10.8 Å². The molecule has 0 radical (unpaired) electrons. The summed E-state index contributed by atoms with van der Waals surface area (Å²) in [5.74, 6) is 1.46. The van der Waals surface area contributed by atoms with Gasteiger partial charge in [0, 0.05) is 25.0 Å². The summed E-state index contributed by atoms with van der Waals surface area (Å²) in [5, 5.41) is 1.35. The molecule has 0 saturated heterocycles. The second-order valence-electron chi connectivity index (χ2n) is 17.9. The van der Waals surface area contributed by atoms with E-state index < -0.39 is 12.2 Å². The van der Waals surface area contributed by atoms with Crippen molar-refractivity contribution in [2.45, 2.75) is 94.3 Å². The quantitative estimate of drug-likeness (QED) is 0.205. The largest absolute Gasteiger partial charge is 1.00 e. The number of allylic oxidation sites excluding steroid dienone is 23. The van der Waals surface area contributed by atoms with Gasteiger partial charge < -0.3 is 67.2 Å². The normalized spacial score (nSPS) is 25.4. The Hall–Kier alpha value is -3.00. The van der Waals surface area contributed by atoms with Crippen LogP contribution >= 0.6 is 23.2 Å². The van der Waals surface area contributed by atoms with E-state index in [1.807, 2.05) is 76.8 Å². The highest BCUT2D eigenvalue weighted by molar-refractivity contribution is 6.31. The highest BCUT2D eigenvalue weighted by Gasteiger charge is 2.41. The van der Waals surface area contributed by atoms with E-state index in [1.54, 1.807) is 0 Å². The second-order valence-corrected chi connectivity index (χ2v) is 18.9. The molecule has 2 heterocycles. The monoisotopic (exact) mass is 1110 g/mol. The minimum atomic E-state index is -0.532. The first-order valence-corrected chi connectivity index (χ1v) is 21.6. The molecule has 336 valence electrons. The van der Waals surface area contributed by atoms with Gasteiger partial charge in [-0.3, -0.25) is 9.59 Å². The number of Topliss-reactive ketones (excluding diaryl/α,β-unsaturated/α-hetero) is 2. The molecular formula is C52H66Cl2I2N2O4. The Morgan fingerprint density at radius 3 is 1.50 bits per heavy atom. The minimum Gasteiger partial charge on any atom is -1.00 e. The summed E-state index contributed by atoms with van der Waals surface area (Å²) in [6.45, 7) is 22.1. The van der Waals surface area contributed by atoms with Crippen molar-refractivity contribution in [3.8, 4) is 0 Å². The lowest BCUT2D eigenvalue weighted by atomic mass is 9.71. The summed E-state index contributed by atoms with van der Waals surface area (Å²) in [5.41, 5.74) is 7.55. The van der Waals surface area contributed by atoms with Crippen LogP contribution in [0.5, 0.6) is 0 Å². The van der Waals surface area contributed by atoms with Crippen LogP contribution in [0.1, 0.15) is 82.1 Å². The van der Waals surface area contributed by atoms with E-state index in [4.69, 9.17) is 32.7 Å². The number of nitrogens with one attached hydrogen (secondary N) is 2. The molecule has 0 aromatic heterocycles. The third-order valence-corrected chi connectivity index (χ3v) is 11.6. The smallest absolute Gasteiger partial charge is 0.199 e. The second kappa shape index (κ2) is 24.9. The zero-order valence-corrected chi connectivity index (χ0v) is 44.3. The molecule has 0 spiro atoms. The first-order chi connectivity index (χ1) is 28.1. The lowest BCUT2D eigenvalue weighted by Crippen LogP contribution is -3.05. The lowest BCUT2D eigenvalue weighted by Gasteiger charge is -2.37. The Kier molecular flexibility index (Phi) is 22.1. The average molecular weight is 1110 g/mol. The predicted molar refractivity (Wildman–Crippen MR) is 250 cm³/mol. The molecule has 0 aromatic rings. The average Bonchev–Trinajstić information content (AvgIpc) is 3.13. The number of carbonyl (C=O) groups excluding carboxylic acids is 2. The SMILES string of the molecule is CC1=C(/C=C/C(C)=C/C=C/C(C)=C/C=C/C=C(C)/C=C/C=C(C)/C=C/C2=C(C)C(=O)C(OC3=CC(Cl)=C[NH+](C)C3)CC2(C)C)C(C)(C)CC(OC2=C[NH+](C)CC(Cl)=C2)C1=O.[I-].[I-]. The standard InChI is InChI=1S/C52H64Cl2N2O4.2HI/c1-35(19-15-21-37(3)23-25-45-39(5)49(57)47(29-51(45,7)8)59-43-27-41(53)31-55(11)33-43)17-13-14-18-36(2)20-16-22-38(4)24-26-46-40(6)50(58)48(30-52(46,9)10)60-44-28-42(54)32-56(12)34-44;;/h13-28,31,34,47-48H,29-30,32-33H2,1-12H3;2*1H/b14-13+,19-15+,20-16+,25-23+,26-24+,35-17+,36-18+,37-21+,38-22+;;. The molecule has 10 heteroatoms. The topological polar surface area (TPSA) is 61.5 Å². The minimum absolute atomic E-state index is 0. The van der Waals surface area contributed by atoms with Crippen LogP contribution in [0.25, 0.3) is 0 Å². The van der Waals surface area contributed by atoms with Gasteiger partial charge >= 0.3 is 0 Å². The van der Waals surface area contributed by atoms with Gasteiger partial charge in [-0.2, -0.15) is 0 Å². The number of halogens is 4. The van der Waals surface area contributed by atoms with Gasteiger partial charge in [-0.15, -0.1) is 0 Å². The van der Waals surface area contributed by atoms with Crippen LogP contribution in [-0.2, 0) is 19.1 Å². The van der Waals surface area contributed by atoms with Gasteiger partial charge in [0.25, 0.3) is 0 Å². The third kappa shape index (κ3) is 16.5. The van der Waals surface area contributed by atoms with E-state index in [0.29, 0.717) is 36.7 Å². The van der Waals surface area contributed by atoms with Crippen molar-refractivity contribution in [2.75, 3.05) is 27.2 Å². The Morgan fingerprint density at radius 2 is 1.05 bits per heavy atom. The number of likely N-dealkylation sites (N-methyl/N-ethyl adjacent to an activating group) is 2. The van der Waals surface area contributed by atoms with Gasteiger partial charge in [-0.1, -0.05) is 158 Å². The molecule has 2 aliphatic carbocycles. The van der Waals surface area contributed by atoms with Crippen molar-refractivity contribution in [1.29, 1.82) is 0 Å². The van der Waals surface area contributed by atoms with Gasteiger partial charge in [0.15, 0.2) is 35.3 Å². The lowest BCUT2D eigenvalue weighted by molar-refractivity contribution is -0.822. The van der Waals surface area contributed by atoms with Crippen LogP contribution < -0.4 is 57.8 Å². The van der Waals surface area contributed by atoms with Crippen molar-refractivity contribution >= 4 is 34.8 Å². The Balaban J connectivity index is 0.00000661. The Bertz CT molecular complexity index is 2180. The van der Waals surface area contributed by atoms with Gasteiger partial charge in [-0.05, 0) is 74.7 Å². The van der Waals surface area contributed by atoms with E-state index in [-0.39, 0.29) is 70.3 Å². The third-order valence-electron chi connectivity index (χ3n) is 11.1. The maximum Gasteiger partial charge on any atom is 0.199 e. The molecule has 0 amide bonds. The molecule has 0 aromatic carbocycles. The fourth-order valence-electron chi connectivity index (χ4n) is 7.86. The first kappa shape index (κ1) is 55.1. The number of rotatable bonds is 14. The Labute approximate surface area is 416 Å². The van der Waals surface area contributed by atoms with Crippen molar-refractivity contribution < 1.29 is 76.8 Å². The molecule has 4 aliphatic rings. The summed E-state index contributed by atoms with van der Waals surface area (Å²) in [7, 11) is 4.03. The van der Waals surface area contributed by atoms with Crippen molar-refractivity contribution in [1.82, 2.24) is 0 Å². The van der Waals surface area contributed by atoms with Crippen LogP contribution in [0.2, 0.25) is 0 Å². The van der Waals surface area contributed by atoms with Gasteiger partial charge in [0.05, 0.1) is 24.2 Å². The molecule has 2 N–H and O–H groups in total. The van der Waals surface area contributed by atoms with E-state index >= 15 is 0 Å². The molecule has 4 rings (SSSR count). The van der Waals surface area contributed by atoms with Crippen molar-refractivity contribution in [3.63, 3.8) is 0 Å². The van der Waals surface area contributed by atoms with Gasteiger partial charge in [-0.25, -0.2) is 0 Å². The molecule has 4 unspecified atom stereocenters. The number of hydrogen-bond acceptors (Lipinski definition) is 4. The summed E-state index contributed by atoms with van der Waals surface area (Å²) in [6.07, 6.45) is 36.6. The molecule has 0 fully saturated rings. The zero-order chi connectivity index (χ0) is 44.4. The number of hydrogen-bond donors (Lipinski definition) is 2. The van der Waals surface area contributed by atoms with Crippen LogP contribution in [0.3, 0.4) is 0 Å². The zero-order valence-electron chi connectivity index (χ0n) is 38.5. The molecule has 2 aliphatic heterocycles. The van der Waals surface area contributed by atoms with E-state index in [9.17, 15) is 9.59 Å². The van der Waals surface area contributed by atoms with Gasteiger partial charge in [0.2, 0.25) is 0 Å². The first-order valence-electron chi connectivity index (χ1n) is 20.9. The Morgan fingerprint density at radius 1 is 0.629 bits per heavy atom. The maximum atomic E-state index is 13.4. The molecule has 0 bridgehead atoms. The van der Waals surface area contributed by atoms with Crippen LogP contribution in [0, 0.1) is 10.8 Å². The summed E-state index contributed by atoms with van der Waals surface area (Å²) < 4.78 is 12.4. The van der Waals surface area contributed by atoms with E-state index in [1.165, 1.54) is 0 Å². The number of ether oxygens (including phenoxy) is 2. The van der Waals surface area contributed by atoms with E-state index in [2.05, 4.69) is 116 Å². The highest BCUT2D eigenvalue weighted by atomic mass is 127. The van der Waals surface area contributed by atoms with Crippen LogP contribution in [0.4, 0.5) is 0 Å². The molecule has 6 nitrogen and oxygen atoms in total. The van der Waals surface area contributed by atoms with Crippen LogP contribution in [0.15, 0.2) is 176 Å². The molecule has 62 heavy (non-hydrogen) atoms. The molecule has 0 saturated carbocycles. The number of carbonyl (C=O) groups is 2. The van der Waals surface area contributed by atoms with Crippen molar-refractivity contribution in [3.05, 3.63) is 176 Å². The summed E-state index contributed by atoms with van der Waals surface area (Å²) in [6, 6.07) is 0. The number of quaternary nitrogens is 2. The highest BCUT2D eigenvalue weighted by Crippen LogP contribution is 2.42. The number of ketones is 2. The van der Waals surface area contributed by atoms with Crippen LogP contribution in [-0.4, -0.2) is 51.0 Å². The fourth-order valence-corrected chi connectivity index (χ4v) is 8.49. The maximum absolute atomic E-state index is 13.4. The van der Waals surface area contributed by atoms with E-state index in [0.717, 1.165) is 65.2 Å². The fraction of sp³-hybridized carbons (Fsp3) is 0.385. The molecule has 4 atom stereocenters. The summed E-state index contributed by atoms with van der Waals surface area (Å²) >= 11 is 12.5. The summed E-state index contributed by atoms with van der Waals surface area (Å²) in [4.78, 5) is 29.0. The predicted octanol–water partition coefficient (Wildman–Crippen LogP) is 3.95. The van der Waals surface area contributed by atoms with Gasteiger partial charge in [0.1, 0.15) is 25.5 Å².